The van der Waals surface area contributed by atoms with E-state index in [0.717, 1.165) is 27.6 Å². The van der Waals surface area contributed by atoms with Crippen LogP contribution < -0.4 is 19.5 Å². The summed E-state index contributed by atoms with van der Waals surface area (Å²) >= 11 is 1.58. The summed E-state index contributed by atoms with van der Waals surface area (Å²) in [5.41, 5.74) is 2.82. The predicted octanol–water partition coefficient (Wildman–Crippen LogP) is 4.21. The predicted molar refractivity (Wildman–Crippen MR) is 119 cm³/mol. The first-order valence-electron chi connectivity index (χ1n) is 9.39. The number of hydrogen-bond donors (Lipinski definition) is 1. The van der Waals surface area contributed by atoms with Crippen LogP contribution in [-0.4, -0.2) is 38.8 Å². The Bertz CT molecular complexity index is 1030. The van der Waals surface area contributed by atoms with E-state index in [2.05, 4.69) is 10.3 Å². The van der Waals surface area contributed by atoms with E-state index in [1.807, 2.05) is 41.8 Å². The van der Waals surface area contributed by atoms with Gasteiger partial charge < -0.3 is 19.5 Å². The lowest BCUT2D eigenvalue weighted by Gasteiger charge is -2.07. The van der Waals surface area contributed by atoms with Gasteiger partial charge in [-0.1, -0.05) is 18.2 Å². The number of nitrogens with one attached hydrogen (secondary N) is 1. The smallest absolute Gasteiger partial charge is 0.244 e. The van der Waals surface area contributed by atoms with Crippen LogP contribution in [0.1, 0.15) is 11.3 Å². The molecule has 3 rings (SSSR count). The van der Waals surface area contributed by atoms with Crippen LogP contribution in [0.25, 0.3) is 16.6 Å². The molecule has 0 radical (unpaired) electrons. The molecule has 0 atom stereocenters. The summed E-state index contributed by atoms with van der Waals surface area (Å²) in [6, 6.07) is 13.3. The molecule has 1 N–H and O–H groups in total. The number of ether oxygens (including phenoxy) is 3. The van der Waals surface area contributed by atoms with Crippen LogP contribution in [0.4, 0.5) is 0 Å². The number of nitrogens with zero attached hydrogens (tertiary/aromatic N) is 1. The second kappa shape index (κ2) is 10.5. The molecular weight excluding hydrogens is 400 g/mol. The van der Waals surface area contributed by atoms with E-state index in [9.17, 15) is 4.79 Å². The number of thiazole rings is 1. The molecule has 0 spiro atoms. The molecule has 0 aliphatic rings. The molecule has 156 valence electrons. The van der Waals surface area contributed by atoms with E-state index in [0.29, 0.717) is 24.5 Å². The van der Waals surface area contributed by atoms with Crippen molar-refractivity contribution < 1.29 is 19.0 Å². The van der Waals surface area contributed by atoms with Crippen molar-refractivity contribution in [2.45, 2.75) is 6.42 Å². The lowest BCUT2D eigenvalue weighted by Crippen LogP contribution is -2.23. The molecule has 2 aromatic carbocycles. The van der Waals surface area contributed by atoms with Gasteiger partial charge in [-0.2, -0.15) is 0 Å². The van der Waals surface area contributed by atoms with Crippen LogP contribution in [0, 0.1) is 0 Å². The minimum Gasteiger partial charge on any atom is -0.497 e. The largest absolute Gasteiger partial charge is 0.497 e. The van der Waals surface area contributed by atoms with Crippen LogP contribution >= 0.6 is 11.3 Å². The summed E-state index contributed by atoms with van der Waals surface area (Å²) in [7, 11) is 4.81. The zero-order valence-corrected chi connectivity index (χ0v) is 18.0. The van der Waals surface area contributed by atoms with Crippen LogP contribution in [0.5, 0.6) is 17.2 Å². The molecule has 0 aliphatic carbocycles. The van der Waals surface area contributed by atoms with Crippen molar-refractivity contribution in [1.82, 2.24) is 10.3 Å². The average Bonchev–Trinajstić information content (AvgIpc) is 3.26. The molecule has 0 saturated carbocycles. The number of methoxy groups -OCH3 is 3. The number of carbonyl (C=O) groups excluding carboxylic acids is 1. The van der Waals surface area contributed by atoms with Crippen molar-refractivity contribution in [1.29, 1.82) is 0 Å². The quantitative estimate of drug-likeness (QED) is 0.521. The second-order valence-electron chi connectivity index (χ2n) is 6.36. The summed E-state index contributed by atoms with van der Waals surface area (Å²) in [6.45, 7) is 0.510. The molecule has 1 aromatic heterocycles. The van der Waals surface area contributed by atoms with Crippen molar-refractivity contribution >= 4 is 23.3 Å². The minimum atomic E-state index is -0.159. The van der Waals surface area contributed by atoms with Crippen LogP contribution in [-0.2, 0) is 11.2 Å². The first-order chi connectivity index (χ1) is 14.6. The molecule has 1 heterocycles. The van der Waals surface area contributed by atoms with Gasteiger partial charge >= 0.3 is 0 Å². The second-order valence-corrected chi connectivity index (χ2v) is 7.22. The van der Waals surface area contributed by atoms with E-state index in [4.69, 9.17) is 14.2 Å². The molecule has 1 amide bonds. The van der Waals surface area contributed by atoms with Gasteiger partial charge in [0.1, 0.15) is 10.8 Å². The third kappa shape index (κ3) is 5.61. The summed E-state index contributed by atoms with van der Waals surface area (Å²) in [4.78, 5) is 16.7. The Morgan fingerprint density at radius 2 is 1.90 bits per heavy atom. The molecule has 0 unspecified atom stereocenters. The number of amides is 1. The molecule has 7 heteroatoms. The fourth-order valence-electron chi connectivity index (χ4n) is 2.81. The minimum absolute atomic E-state index is 0.159. The van der Waals surface area contributed by atoms with E-state index in [1.165, 1.54) is 6.08 Å². The van der Waals surface area contributed by atoms with Gasteiger partial charge in [0, 0.05) is 30.0 Å². The van der Waals surface area contributed by atoms with Crippen molar-refractivity contribution in [3.05, 3.63) is 65.2 Å². The van der Waals surface area contributed by atoms with Gasteiger partial charge in [-0.05, 0) is 35.9 Å². The average molecular weight is 425 g/mol. The summed E-state index contributed by atoms with van der Waals surface area (Å²) in [5, 5.41) is 5.83. The van der Waals surface area contributed by atoms with Crippen molar-refractivity contribution in [2.75, 3.05) is 27.9 Å². The normalized spacial score (nSPS) is 10.8. The first kappa shape index (κ1) is 21.4. The third-order valence-electron chi connectivity index (χ3n) is 4.38. The van der Waals surface area contributed by atoms with Gasteiger partial charge in [0.2, 0.25) is 5.91 Å². The molecule has 3 aromatic rings. The topological polar surface area (TPSA) is 69.7 Å². The number of rotatable bonds is 9. The maximum atomic E-state index is 12.1. The molecule has 0 fully saturated rings. The fourth-order valence-corrected chi connectivity index (χ4v) is 3.66. The Hall–Kier alpha value is -3.32. The number of aromatic nitrogens is 1. The van der Waals surface area contributed by atoms with Crippen molar-refractivity contribution in [3.8, 4) is 27.8 Å². The highest BCUT2D eigenvalue weighted by Gasteiger charge is 2.07. The van der Waals surface area contributed by atoms with Crippen LogP contribution in [0.2, 0.25) is 0 Å². The third-order valence-corrected chi connectivity index (χ3v) is 5.32. The summed E-state index contributed by atoms with van der Waals surface area (Å²) < 4.78 is 15.7. The molecule has 0 bridgehead atoms. The zero-order chi connectivity index (χ0) is 21.3. The maximum Gasteiger partial charge on any atom is 0.244 e. The van der Waals surface area contributed by atoms with E-state index in [1.54, 1.807) is 44.8 Å². The maximum absolute atomic E-state index is 12.1. The van der Waals surface area contributed by atoms with Gasteiger partial charge in [0.15, 0.2) is 11.5 Å². The Morgan fingerprint density at radius 3 is 2.67 bits per heavy atom. The fraction of sp³-hybridized carbons (Fsp3) is 0.217. The molecule has 30 heavy (non-hydrogen) atoms. The monoisotopic (exact) mass is 424 g/mol. The van der Waals surface area contributed by atoms with Gasteiger partial charge in [-0.25, -0.2) is 4.98 Å². The highest BCUT2D eigenvalue weighted by molar-refractivity contribution is 7.13. The Kier molecular flexibility index (Phi) is 7.45. The Labute approximate surface area is 180 Å². The lowest BCUT2D eigenvalue weighted by molar-refractivity contribution is -0.116. The standard InChI is InChI=1S/C23H24N2O4S/c1-27-19-6-4-5-17(14-19)23-25-18(15-30-23)11-12-24-22(26)10-8-16-7-9-20(28-2)21(13-16)29-3/h4-10,13-15H,11-12H2,1-3H3,(H,24,26). The highest BCUT2D eigenvalue weighted by atomic mass is 32.1. The van der Waals surface area contributed by atoms with Gasteiger partial charge in [0.25, 0.3) is 0 Å². The van der Waals surface area contributed by atoms with E-state index < -0.39 is 0 Å². The highest BCUT2D eigenvalue weighted by Crippen LogP contribution is 2.28. The van der Waals surface area contributed by atoms with E-state index >= 15 is 0 Å². The van der Waals surface area contributed by atoms with Crippen LogP contribution in [0.3, 0.4) is 0 Å². The van der Waals surface area contributed by atoms with Crippen LogP contribution in [0.15, 0.2) is 53.9 Å². The van der Waals surface area contributed by atoms with E-state index in [-0.39, 0.29) is 5.91 Å². The van der Waals surface area contributed by atoms with Crippen molar-refractivity contribution in [2.24, 2.45) is 0 Å². The SMILES string of the molecule is COc1cccc(-c2nc(CCNC(=O)C=Cc3ccc(OC)c(OC)c3)cs2)c1. The number of hydrogen-bond acceptors (Lipinski definition) is 6. The zero-order valence-electron chi connectivity index (χ0n) is 17.2. The van der Waals surface area contributed by atoms with Crippen molar-refractivity contribution in [3.63, 3.8) is 0 Å². The molecule has 6 nitrogen and oxygen atoms in total. The number of carbonyl (C=O) groups is 1. The first-order valence-corrected chi connectivity index (χ1v) is 10.3. The Morgan fingerprint density at radius 1 is 1.07 bits per heavy atom. The van der Waals surface area contributed by atoms with Gasteiger partial charge in [0.05, 0.1) is 27.0 Å². The Balaban J connectivity index is 1.51. The van der Waals surface area contributed by atoms with Gasteiger partial charge in [-0.3, -0.25) is 4.79 Å². The summed E-state index contributed by atoms with van der Waals surface area (Å²) in [6.07, 6.45) is 3.90. The van der Waals surface area contributed by atoms with Gasteiger partial charge in [-0.15, -0.1) is 11.3 Å². The molecule has 0 saturated heterocycles. The molecule has 0 aliphatic heterocycles. The molecular formula is C23H24N2O4S. The number of benzene rings is 2. The summed E-state index contributed by atoms with van der Waals surface area (Å²) in [5.74, 6) is 1.91. The lowest BCUT2D eigenvalue weighted by atomic mass is 10.2.